The minimum absolute atomic E-state index is 0.206. The summed E-state index contributed by atoms with van der Waals surface area (Å²) in [5.74, 6) is -1.21. The summed E-state index contributed by atoms with van der Waals surface area (Å²) in [6.07, 6.45) is 2.52. The SMILES string of the molecule is CC1=C[C@H]2C(=O)OC(=O)[C@H]2C1. The van der Waals surface area contributed by atoms with Gasteiger partial charge in [-0.25, -0.2) is 0 Å². The van der Waals surface area contributed by atoms with Crippen molar-refractivity contribution in [1.29, 1.82) is 0 Å². The van der Waals surface area contributed by atoms with Gasteiger partial charge < -0.3 is 4.74 Å². The summed E-state index contributed by atoms with van der Waals surface area (Å²) in [5.41, 5.74) is 1.12. The highest BCUT2D eigenvalue weighted by molar-refractivity contribution is 5.98. The van der Waals surface area contributed by atoms with E-state index in [0.29, 0.717) is 6.42 Å². The van der Waals surface area contributed by atoms with Crippen LogP contribution in [0.3, 0.4) is 0 Å². The van der Waals surface area contributed by atoms with Crippen LogP contribution < -0.4 is 0 Å². The van der Waals surface area contributed by atoms with Crippen molar-refractivity contribution in [3.05, 3.63) is 11.6 Å². The van der Waals surface area contributed by atoms with Crippen LogP contribution >= 0.6 is 0 Å². The van der Waals surface area contributed by atoms with E-state index in [1.54, 1.807) is 0 Å². The largest absolute Gasteiger partial charge is 0.392 e. The van der Waals surface area contributed by atoms with Crippen LogP contribution in [-0.4, -0.2) is 11.9 Å². The van der Waals surface area contributed by atoms with E-state index in [-0.39, 0.29) is 23.8 Å². The minimum Gasteiger partial charge on any atom is -0.392 e. The van der Waals surface area contributed by atoms with Crippen LogP contribution in [0.15, 0.2) is 11.6 Å². The van der Waals surface area contributed by atoms with E-state index in [1.807, 2.05) is 13.0 Å². The summed E-state index contributed by atoms with van der Waals surface area (Å²) >= 11 is 0. The first-order chi connectivity index (χ1) is 5.18. The number of hydrogen-bond acceptors (Lipinski definition) is 3. The first-order valence-corrected chi connectivity index (χ1v) is 3.61. The molecule has 1 fully saturated rings. The Labute approximate surface area is 64.0 Å². The lowest BCUT2D eigenvalue weighted by Gasteiger charge is -1.97. The molecule has 1 aliphatic heterocycles. The summed E-state index contributed by atoms with van der Waals surface area (Å²) < 4.78 is 4.45. The third-order valence-electron chi connectivity index (χ3n) is 2.22. The van der Waals surface area contributed by atoms with Crippen molar-refractivity contribution in [3.8, 4) is 0 Å². The first-order valence-electron chi connectivity index (χ1n) is 3.61. The summed E-state index contributed by atoms with van der Waals surface area (Å²) in [6.45, 7) is 1.93. The normalized spacial score (nSPS) is 35.2. The molecule has 0 N–H and O–H groups in total. The lowest BCUT2D eigenvalue weighted by atomic mass is 9.99. The van der Waals surface area contributed by atoms with Gasteiger partial charge in [0, 0.05) is 0 Å². The second-order valence-corrected chi connectivity index (χ2v) is 3.09. The van der Waals surface area contributed by atoms with Gasteiger partial charge in [0.1, 0.15) is 0 Å². The molecule has 3 heteroatoms. The third-order valence-corrected chi connectivity index (χ3v) is 2.22. The molecule has 1 aliphatic carbocycles. The summed E-state index contributed by atoms with van der Waals surface area (Å²) in [4.78, 5) is 21.9. The van der Waals surface area contributed by atoms with Gasteiger partial charge in [0.2, 0.25) is 0 Å². The Morgan fingerprint density at radius 1 is 1.45 bits per heavy atom. The van der Waals surface area contributed by atoms with Crippen molar-refractivity contribution in [2.24, 2.45) is 11.8 Å². The lowest BCUT2D eigenvalue weighted by molar-refractivity contribution is -0.153. The average molecular weight is 152 g/mol. The van der Waals surface area contributed by atoms with Crippen molar-refractivity contribution in [1.82, 2.24) is 0 Å². The first kappa shape index (κ1) is 6.58. The predicted octanol–water partition coefficient (Wildman–Crippen LogP) is 0.652. The van der Waals surface area contributed by atoms with E-state index in [0.717, 1.165) is 5.57 Å². The highest BCUT2D eigenvalue weighted by Crippen LogP contribution is 2.36. The van der Waals surface area contributed by atoms with Crippen molar-refractivity contribution in [2.75, 3.05) is 0 Å². The molecule has 2 rings (SSSR count). The zero-order valence-corrected chi connectivity index (χ0v) is 6.16. The number of fused-ring (bicyclic) bond motifs is 1. The van der Waals surface area contributed by atoms with Crippen LogP contribution in [0.5, 0.6) is 0 Å². The van der Waals surface area contributed by atoms with Gasteiger partial charge in [-0.1, -0.05) is 11.6 Å². The van der Waals surface area contributed by atoms with Gasteiger partial charge in [-0.3, -0.25) is 9.59 Å². The molecule has 1 saturated heterocycles. The van der Waals surface area contributed by atoms with Gasteiger partial charge in [0.05, 0.1) is 11.8 Å². The summed E-state index contributed by atoms with van der Waals surface area (Å²) in [7, 11) is 0. The van der Waals surface area contributed by atoms with Gasteiger partial charge in [0.15, 0.2) is 0 Å². The van der Waals surface area contributed by atoms with Gasteiger partial charge in [-0.15, -0.1) is 0 Å². The standard InChI is InChI=1S/C8H8O3/c1-4-2-5-6(3-4)8(10)11-7(5)9/h2,5-6H,3H2,1H3/t5-,6+/m1/s1. The van der Waals surface area contributed by atoms with E-state index >= 15 is 0 Å². The van der Waals surface area contributed by atoms with Gasteiger partial charge in [0.25, 0.3) is 0 Å². The molecule has 0 bridgehead atoms. The van der Waals surface area contributed by atoms with Crippen molar-refractivity contribution >= 4 is 11.9 Å². The molecule has 0 amide bonds. The molecular formula is C8H8O3. The van der Waals surface area contributed by atoms with Gasteiger partial charge in [-0.2, -0.15) is 0 Å². The Morgan fingerprint density at radius 3 is 2.82 bits per heavy atom. The fourth-order valence-electron chi connectivity index (χ4n) is 1.67. The maximum Gasteiger partial charge on any atom is 0.321 e. The highest BCUT2D eigenvalue weighted by Gasteiger charge is 2.45. The molecular weight excluding hydrogens is 144 g/mol. The van der Waals surface area contributed by atoms with Crippen molar-refractivity contribution in [2.45, 2.75) is 13.3 Å². The maximum atomic E-state index is 10.9. The van der Waals surface area contributed by atoms with Crippen molar-refractivity contribution < 1.29 is 14.3 Å². The van der Waals surface area contributed by atoms with Crippen LogP contribution in [0.4, 0.5) is 0 Å². The zero-order chi connectivity index (χ0) is 8.01. The number of ether oxygens (including phenoxy) is 1. The van der Waals surface area contributed by atoms with Crippen LogP contribution in [0.1, 0.15) is 13.3 Å². The minimum atomic E-state index is -0.378. The van der Waals surface area contributed by atoms with Crippen LogP contribution in [0.2, 0.25) is 0 Å². The Kier molecular flexibility index (Phi) is 1.16. The van der Waals surface area contributed by atoms with E-state index in [4.69, 9.17) is 0 Å². The van der Waals surface area contributed by atoms with E-state index in [2.05, 4.69) is 4.74 Å². The topological polar surface area (TPSA) is 43.4 Å². The molecule has 1 heterocycles. The molecule has 2 aliphatic rings. The van der Waals surface area contributed by atoms with E-state index in [9.17, 15) is 9.59 Å². The zero-order valence-electron chi connectivity index (χ0n) is 6.16. The number of esters is 2. The molecule has 3 nitrogen and oxygen atoms in total. The highest BCUT2D eigenvalue weighted by atomic mass is 16.6. The fraction of sp³-hybridized carbons (Fsp3) is 0.500. The number of hydrogen-bond donors (Lipinski definition) is 0. The molecule has 0 aromatic carbocycles. The molecule has 0 saturated carbocycles. The molecule has 0 radical (unpaired) electrons. The van der Waals surface area contributed by atoms with Crippen LogP contribution in [0, 0.1) is 11.8 Å². The molecule has 58 valence electrons. The summed E-state index contributed by atoms with van der Waals surface area (Å²) in [5, 5.41) is 0. The number of carbonyl (C=O) groups excluding carboxylic acids is 2. The molecule has 11 heavy (non-hydrogen) atoms. The van der Waals surface area contributed by atoms with Crippen LogP contribution in [0.25, 0.3) is 0 Å². The molecule has 0 spiro atoms. The Hall–Kier alpha value is -1.12. The fourth-order valence-corrected chi connectivity index (χ4v) is 1.67. The lowest BCUT2D eigenvalue weighted by Crippen LogP contribution is -2.10. The number of cyclic esters (lactones) is 2. The number of carbonyl (C=O) groups is 2. The average Bonchev–Trinajstić information content (AvgIpc) is 2.38. The predicted molar refractivity (Wildman–Crippen MR) is 36.5 cm³/mol. The van der Waals surface area contributed by atoms with Gasteiger partial charge >= 0.3 is 11.9 Å². The molecule has 0 aromatic heterocycles. The monoisotopic (exact) mass is 152 g/mol. The third kappa shape index (κ3) is 0.803. The summed E-state index contributed by atoms with van der Waals surface area (Å²) in [6, 6.07) is 0. The van der Waals surface area contributed by atoms with Crippen LogP contribution in [-0.2, 0) is 14.3 Å². The molecule has 0 unspecified atom stereocenters. The Balaban J connectivity index is 2.32. The molecule has 2 atom stereocenters. The Bertz CT molecular complexity index is 265. The number of rotatable bonds is 0. The second kappa shape index (κ2) is 1.94. The molecule has 0 aromatic rings. The van der Waals surface area contributed by atoms with Gasteiger partial charge in [-0.05, 0) is 13.3 Å². The smallest absolute Gasteiger partial charge is 0.321 e. The van der Waals surface area contributed by atoms with E-state index in [1.165, 1.54) is 0 Å². The van der Waals surface area contributed by atoms with Crippen molar-refractivity contribution in [3.63, 3.8) is 0 Å². The quantitative estimate of drug-likeness (QED) is 0.291. The second-order valence-electron chi connectivity index (χ2n) is 3.09. The van der Waals surface area contributed by atoms with E-state index < -0.39 is 0 Å². The number of allylic oxidation sites excluding steroid dienone is 1. The maximum absolute atomic E-state index is 10.9. The Morgan fingerprint density at radius 2 is 2.18 bits per heavy atom.